The molecule has 1 aliphatic heterocycles. The Kier molecular flexibility index (Phi) is 4.46. The van der Waals surface area contributed by atoms with Gasteiger partial charge in [0.2, 0.25) is 0 Å². The molecule has 6 heteroatoms. The lowest BCUT2D eigenvalue weighted by atomic mass is 10.1. The Balaban J connectivity index is 2.12. The summed E-state index contributed by atoms with van der Waals surface area (Å²) in [6.07, 6.45) is 0.0814. The fourth-order valence-corrected chi connectivity index (χ4v) is 2.44. The highest BCUT2D eigenvalue weighted by Gasteiger charge is 2.21. The monoisotopic (exact) mass is 279 g/mol. The zero-order valence-electron chi connectivity index (χ0n) is 11.9. The lowest BCUT2D eigenvalue weighted by Crippen LogP contribution is -2.45. The van der Waals surface area contributed by atoms with Crippen LogP contribution in [0.5, 0.6) is 0 Å². The molecule has 1 fully saturated rings. The normalized spacial score (nSPS) is 19.8. The Morgan fingerprint density at radius 1 is 1.60 bits per heavy atom. The molecule has 1 unspecified atom stereocenters. The SMILES string of the molecule is CN1CCOC(CN(C)c2ccc(N)cc2C(=O)O)C1. The van der Waals surface area contributed by atoms with Crippen molar-refractivity contribution >= 4 is 17.3 Å². The van der Waals surface area contributed by atoms with Crippen molar-refractivity contribution in [2.45, 2.75) is 6.10 Å². The summed E-state index contributed by atoms with van der Waals surface area (Å²) in [5.41, 5.74) is 6.98. The summed E-state index contributed by atoms with van der Waals surface area (Å²) in [6, 6.07) is 4.94. The van der Waals surface area contributed by atoms with Crippen LogP contribution in [0.4, 0.5) is 11.4 Å². The topological polar surface area (TPSA) is 79.0 Å². The van der Waals surface area contributed by atoms with Gasteiger partial charge in [-0.2, -0.15) is 0 Å². The number of hydrogen-bond donors (Lipinski definition) is 2. The molecule has 1 aromatic rings. The predicted octanol–water partition coefficient (Wildman–Crippen LogP) is 0.734. The maximum absolute atomic E-state index is 11.3. The van der Waals surface area contributed by atoms with Crippen molar-refractivity contribution in [2.24, 2.45) is 0 Å². The van der Waals surface area contributed by atoms with Crippen molar-refractivity contribution in [2.75, 3.05) is 51.0 Å². The van der Waals surface area contributed by atoms with Gasteiger partial charge >= 0.3 is 5.97 Å². The van der Waals surface area contributed by atoms with E-state index in [1.165, 1.54) is 6.07 Å². The molecule has 0 saturated carbocycles. The van der Waals surface area contributed by atoms with E-state index < -0.39 is 5.97 Å². The van der Waals surface area contributed by atoms with Gasteiger partial charge in [0.25, 0.3) is 0 Å². The number of anilines is 2. The van der Waals surface area contributed by atoms with E-state index in [-0.39, 0.29) is 11.7 Å². The summed E-state index contributed by atoms with van der Waals surface area (Å²) in [5.74, 6) is -0.971. The third-order valence-electron chi connectivity index (χ3n) is 3.48. The number of nitrogens with two attached hydrogens (primary N) is 1. The second kappa shape index (κ2) is 6.11. The first-order chi connectivity index (χ1) is 9.47. The average Bonchev–Trinajstić information content (AvgIpc) is 2.38. The molecule has 2 rings (SSSR count). The van der Waals surface area contributed by atoms with Crippen LogP contribution in [0.2, 0.25) is 0 Å². The first-order valence-electron chi connectivity index (χ1n) is 6.61. The number of rotatable bonds is 4. The van der Waals surface area contributed by atoms with E-state index in [0.717, 1.165) is 13.1 Å². The van der Waals surface area contributed by atoms with Crippen LogP contribution in [0.3, 0.4) is 0 Å². The van der Waals surface area contributed by atoms with Crippen LogP contribution >= 0.6 is 0 Å². The zero-order chi connectivity index (χ0) is 14.7. The van der Waals surface area contributed by atoms with E-state index >= 15 is 0 Å². The minimum Gasteiger partial charge on any atom is -0.478 e. The highest BCUT2D eigenvalue weighted by atomic mass is 16.5. The maximum atomic E-state index is 11.3. The first kappa shape index (κ1) is 14.6. The lowest BCUT2D eigenvalue weighted by Gasteiger charge is -2.33. The van der Waals surface area contributed by atoms with Gasteiger partial charge in [0.05, 0.1) is 24.0 Å². The van der Waals surface area contributed by atoms with Crippen LogP contribution in [-0.2, 0) is 4.74 Å². The number of carbonyl (C=O) groups is 1. The molecule has 6 nitrogen and oxygen atoms in total. The molecule has 0 amide bonds. The Morgan fingerprint density at radius 3 is 3.00 bits per heavy atom. The van der Waals surface area contributed by atoms with Crippen molar-refractivity contribution in [3.63, 3.8) is 0 Å². The largest absolute Gasteiger partial charge is 0.478 e. The van der Waals surface area contributed by atoms with Gasteiger partial charge < -0.3 is 25.4 Å². The second-order valence-corrected chi connectivity index (χ2v) is 5.22. The number of nitrogen functional groups attached to an aromatic ring is 1. The highest BCUT2D eigenvalue weighted by Crippen LogP contribution is 2.23. The summed E-state index contributed by atoms with van der Waals surface area (Å²) in [7, 11) is 3.93. The number of benzene rings is 1. The number of ether oxygens (including phenoxy) is 1. The smallest absolute Gasteiger partial charge is 0.337 e. The molecular formula is C14H21N3O3. The fourth-order valence-electron chi connectivity index (χ4n) is 2.44. The van der Waals surface area contributed by atoms with Crippen molar-refractivity contribution in [3.05, 3.63) is 23.8 Å². The first-order valence-corrected chi connectivity index (χ1v) is 6.61. The van der Waals surface area contributed by atoms with Crippen LogP contribution in [0.25, 0.3) is 0 Å². The second-order valence-electron chi connectivity index (χ2n) is 5.22. The minimum absolute atomic E-state index is 0.0814. The number of nitrogens with zero attached hydrogens (tertiary/aromatic N) is 2. The Labute approximate surface area is 118 Å². The molecule has 1 heterocycles. The van der Waals surface area contributed by atoms with Crippen molar-refractivity contribution in [3.8, 4) is 0 Å². The van der Waals surface area contributed by atoms with E-state index in [2.05, 4.69) is 11.9 Å². The van der Waals surface area contributed by atoms with Crippen LogP contribution < -0.4 is 10.6 Å². The standard InChI is InChI=1S/C14H21N3O3/c1-16-5-6-20-11(8-16)9-17(2)13-4-3-10(15)7-12(13)14(18)19/h3-4,7,11H,5-6,8-9,15H2,1-2H3,(H,18,19). The zero-order valence-corrected chi connectivity index (χ0v) is 11.9. The van der Waals surface area contributed by atoms with E-state index in [4.69, 9.17) is 10.5 Å². The maximum Gasteiger partial charge on any atom is 0.337 e. The third-order valence-corrected chi connectivity index (χ3v) is 3.48. The molecule has 20 heavy (non-hydrogen) atoms. The minimum atomic E-state index is -0.971. The summed E-state index contributed by atoms with van der Waals surface area (Å²) in [4.78, 5) is 15.4. The molecule has 0 bridgehead atoms. The molecule has 1 atom stereocenters. The van der Waals surface area contributed by atoms with Gasteiger partial charge in [-0.15, -0.1) is 0 Å². The highest BCUT2D eigenvalue weighted by molar-refractivity contribution is 5.95. The summed E-state index contributed by atoms with van der Waals surface area (Å²) >= 11 is 0. The number of hydrogen-bond acceptors (Lipinski definition) is 5. The Morgan fingerprint density at radius 2 is 2.35 bits per heavy atom. The molecule has 1 aromatic carbocycles. The van der Waals surface area contributed by atoms with Crippen molar-refractivity contribution < 1.29 is 14.6 Å². The fraction of sp³-hybridized carbons (Fsp3) is 0.500. The summed E-state index contributed by atoms with van der Waals surface area (Å²) in [6.45, 7) is 3.14. The molecule has 0 aromatic heterocycles. The molecular weight excluding hydrogens is 258 g/mol. The molecule has 110 valence electrons. The summed E-state index contributed by atoms with van der Waals surface area (Å²) < 4.78 is 5.71. The molecule has 0 spiro atoms. The molecule has 1 saturated heterocycles. The van der Waals surface area contributed by atoms with Crippen LogP contribution in [0.1, 0.15) is 10.4 Å². The number of likely N-dealkylation sites (N-methyl/N-ethyl adjacent to an activating group) is 2. The van der Waals surface area contributed by atoms with E-state index in [1.807, 2.05) is 11.9 Å². The van der Waals surface area contributed by atoms with Crippen LogP contribution in [-0.4, -0.2) is 62.4 Å². The van der Waals surface area contributed by atoms with E-state index in [1.54, 1.807) is 12.1 Å². The van der Waals surface area contributed by atoms with Gasteiger partial charge in [-0.05, 0) is 25.2 Å². The van der Waals surface area contributed by atoms with Crippen molar-refractivity contribution in [1.29, 1.82) is 0 Å². The molecule has 0 aliphatic carbocycles. The molecule has 3 N–H and O–H groups in total. The lowest BCUT2D eigenvalue weighted by molar-refractivity contribution is -0.0143. The van der Waals surface area contributed by atoms with Gasteiger partial charge in [0, 0.05) is 32.4 Å². The summed E-state index contributed by atoms with van der Waals surface area (Å²) in [5, 5.41) is 9.27. The van der Waals surface area contributed by atoms with Gasteiger partial charge in [0.1, 0.15) is 0 Å². The van der Waals surface area contributed by atoms with E-state index in [0.29, 0.717) is 24.5 Å². The van der Waals surface area contributed by atoms with Crippen molar-refractivity contribution in [1.82, 2.24) is 4.90 Å². The number of carboxylic acids is 1. The van der Waals surface area contributed by atoms with Crippen LogP contribution in [0.15, 0.2) is 18.2 Å². The third kappa shape index (κ3) is 3.40. The van der Waals surface area contributed by atoms with Gasteiger partial charge in [-0.1, -0.05) is 0 Å². The predicted molar refractivity (Wildman–Crippen MR) is 78.3 cm³/mol. The number of carboxylic acid groups (broad SMARTS) is 1. The number of morpholine rings is 1. The quantitative estimate of drug-likeness (QED) is 0.791. The van der Waals surface area contributed by atoms with Gasteiger partial charge in [-0.25, -0.2) is 4.79 Å². The number of aromatic carboxylic acids is 1. The Hall–Kier alpha value is -1.79. The van der Waals surface area contributed by atoms with Gasteiger partial charge in [0.15, 0.2) is 0 Å². The Bertz CT molecular complexity index is 493. The molecule has 0 radical (unpaired) electrons. The van der Waals surface area contributed by atoms with Gasteiger partial charge in [-0.3, -0.25) is 0 Å². The molecule has 1 aliphatic rings. The van der Waals surface area contributed by atoms with Crippen LogP contribution in [0, 0.1) is 0 Å². The van der Waals surface area contributed by atoms with E-state index in [9.17, 15) is 9.90 Å². The average molecular weight is 279 g/mol.